The summed E-state index contributed by atoms with van der Waals surface area (Å²) in [5.41, 5.74) is -0.294. The lowest BCUT2D eigenvalue weighted by Gasteiger charge is -2.07. The highest BCUT2D eigenvalue weighted by molar-refractivity contribution is 6.12. The van der Waals surface area contributed by atoms with Gasteiger partial charge in [-0.3, -0.25) is 24.6 Å². The largest absolute Gasteiger partial charge is 0.321 e. The molecule has 0 bridgehead atoms. The van der Waals surface area contributed by atoms with Gasteiger partial charge in [-0.2, -0.15) is 5.26 Å². The molecule has 0 aliphatic rings. The van der Waals surface area contributed by atoms with Gasteiger partial charge in [0.25, 0.3) is 17.0 Å². The Morgan fingerprint density at radius 3 is 2.44 bits per heavy atom. The predicted octanol–water partition coefficient (Wildman–Crippen LogP) is 1.76. The fraction of sp³-hybridized carbons (Fsp3) is 0. The molecule has 0 aliphatic carbocycles. The molecule has 0 saturated heterocycles. The molecule has 1 amide bonds. The first-order valence-corrected chi connectivity index (χ1v) is 7.32. The number of anilines is 1. The summed E-state index contributed by atoms with van der Waals surface area (Å²) in [5, 5.41) is 16.4. The third-order valence-electron chi connectivity index (χ3n) is 3.55. The summed E-state index contributed by atoms with van der Waals surface area (Å²) in [5.74, 6) is -0.668. The van der Waals surface area contributed by atoms with Crippen LogP contribution in [0.5, 0.6) is 0 Å². The summed E-state index contributed by atoms with van der Waals surface area (Å²) in [7, 11) is 0. The molecular formula is C18H12N4O3. The van der Waals surface area contributed by atoms with Crippen LogP contribution in [0.1, 0.15) is 5.56 Å². The van der Waals surface area contributed by atoms with E-state index in [2.05, 4.69) is 15.5 Å². The van der Waals surface area contributed by atoms with Crippen molar-refractivity contribution < 1.29 is 4.79 Å². The number of fused-ring (bicyclic) bond motifs is 1. The summed E-state index contributed by atoms with van der Waals surface area (Å²) in [6, 6.07) is 15.3. The number of hydrogen-bond acceptors (Lipinski definition) is 4. The molecule has 3 rings (SSSR count). The van der Waals surface area contributed by atoms with Crippen molar-refractivity contribution >= 4 is 28.4 Å². The molecule has 0 fully saturated rings. The van der Waals surface area contributed by atoms with Crippen LogP contribution in [0, 0.1) is 11.3 Å². The van der Waals surface area contributed by atoms with Crippen molar-refractivity contribution in [1.29, 1.82) is 5.26 Å². The first-order chi connectivity index (χ1) is 12.1. The minimum atomic E-state index is -0.668. The van der Waals surface area contributed by atoms with Gasteiger partial charge < -0.3 is 5.32 Å². The molecule has 0 saturated carbocycles. The molecule has 3 N–H and O–H groups in total. The first-order valence-electron chi connectivity index (χ1n) is 7.32. The van der Waals surface area contributed by atoms with Gasteiger partial charge in [-0.25, -0.2) is 0 Å². The van der Waals surface area contributed by atoms with E-state index in [1.165, 1.54) is 18.2 Å². The van der Waals surface area contributed by atoms with Crippen molar-refractivity contribution in [3.8, 4) is 6.07 Å². The van der Waals surface area contributed by atoms with Crippen LogP contribution in [-0.2, 0) is 4.79 Å². The van der Waals surface area contributed by atoms with Gasteiger partial charge >= 0.3 is 0 Å². The molecule has 3 aromatic rings. The van der Waals surface area contributed by atoms with Crippen molar-refractivity contribution in [2.45, 2.75) is 0 Å². The Balaban J connectivity index is 2.02. The molecule has 0 atom stereocenters. The normalized spacial score (nSPS) is 11.1. The van der Waals surface area contributed by atoms with Crippen LogP contribution in [0.4, 0.5) is 5.69 Å². The zero-order valence-corrected chi connectivity index (χ0v) is 12.9. The standard InChI is InChI=1S/C18H12N4O3/c19-10-12(9-11-5-2-1-3-6-11)16(23)20-14-8-4-7-13-15(14)18(25)22-21-17(13)24/h1-9H,(H,20,23)(H,21,24)(H,22,25). The van der Waals surface area contributed by atoms with Gasteiger partial charge in [0.1, 0.15) is 11.6 Å². The predicted molar refractivity (Wildman–Crippen MR) is 93.9 cm³/mol. The highest BCUT2D eigenvalue weighted by Gasteiger charge is 2.14. The number of carbonyl (C=O) groups excluding carboxylic acids is 1. The van der Waals surface area contributed by atoms with E-state index in [1.54, 1.807) is 30.3 Å². The fourth-order valence-electron chi connectivity index (χ4n) is 2.39. The minimum Gasteiger partial charge on any atom is -0.321 e. The summed E-state index contributed by atoms with van der Waals surface area (Å²) in [6.45, 7) is 0. The Morgan fingerprint density at radius 1 is 1.00 bits per heavy atom. The lowest BCUT2D eigenvalue weighted by atomic mass is 10.1. The van der Waals surface area contributed by atoms with E-state index in [0.717, 1.165) is 0 Å². The second-order valence-electron chi connectivity index (χ2n) is 5.17. The first kappa shape index (κ1) is 16.0. The summed E-state index contributed by atoms with van der Waals surface area (Å²) < 4.78 is 0. The zero-order chi connectivity index (χ0) is 17.8. The number of H-pyrrole nitrogens is 2. The van der Waals surface area contributed by atoms with E-state index in [9.17, 15) is 19.6 Å². The van der Waals surface area contributed by atoms with E-state index in [0.29, 0.717) is 5.56 Å². The molecule has 122 valence electrons. The maximum atomic E-state index is 12.4. The van der Waals surface area contributed by atoms with E-state index in [-0.39, 0.29) is 22.0 Å². The van der Waals surface area contributed by atoms with Crippen LogP contribution in [0.15, 0.2) is 63.7 Å². The number of nitrogens with zero attached hydrogens (tertiary/aromatic N) is 1. The number of aromatic nitrogens is 2. The number of hydrogen-bond donors (Lipinski definition) is 3. The molecule has 2 aromatic carbocycles. The van der Waals surface area contributed by atoms with Crippen LogP contribution in [0.25, 0.3) is 16.8 Å². The van der Waals surface area contributed by atoms with Gasteiger partial charge in [-0.05, 0) is 23.8 Å². The molecule has 1 heterocycles. The Kier molecular flexibility index (Phi) is 4.26. The van der Waals surface area contributed by atoms with Crippen molar-refractivity contribution in [2.75, 3.05) is 5.32 Å². The van der Waals surface area contributed by atoms with Gasteiger partial charge in [0.05, 0.1) is 16.5 Å². The summed E-state index contributed by atoms with van der Waals surface area (Å²) in [6.07, 6.45) is 1.44. The molecule has 7 nitrogen and oxygen atoms in total. The van der Waals surface area contributed by atoms with Gasteiger partial charge in [0.2, 0.25) is 0 Å². The third kappa shape index (κ3) is 3.23. The van der Waals surface area contributed by atoms with Gasteiger partial charge in [0, 0.05) is 0 Å². The van der Waals surface area contributed by atoms with Crippen molar-refractivity contribution in [1.82, 2.24) is 10.2 Å². The van der Waals surface area contributed by atoms with Crippen LogP contribution in [0.2, 0.25) is 0 Å². The molecule has 0 radical (unpaired) electrons. The Bertz CT molecular complexity index is 1130. The fourth-order valence-corrected chi connectivity index (χ4v) is 2.39. The number of carbonyl (C=O) groups is 1. The third-order valence-corrected chi connectivity index (χ3v) is 3.55. The lowest BCUT2D eigenvalue weighted by molar-refractivity contribution is -0.112. The molecule has 0 aliphatic heterocycles. The molecule has 0 unspecified atom stereocenters. The smallest absolute Gasteiger partial charge is 0.272 e. The highest BCUT2D eigenvalue weighted by atomic mass is 16.2. The lowest BCUT2D eigenvalue weighted by Crippen LogP contribution is -2.21. The van der Waals surface area contributed by atoms with Crippen LogP contribution in [0.3, 0.4) is 0 Å². The van der Waals surface area contributed by atoms with E-state index in [4.69, 9.17) is 0 Å². The van der Waals surface area contributed by atoms with Gasteiger partial charge in [-0.15, -0.1) is 0 Å². The van der Waals surface area contributed by atoms with Gasteiger partial charge in [-0.1, -0.05) is 36.4 Å². The van der Waals surface area contributed by atoms with E-state index < -0.39 is 17.0 Å². The number of rotatable bonds is 3. The number of nitrogens with one attached hydrogen (secondary N) is 3. The number of amides is 1. The van der Waals surface area contributed by atoms with Crippen molar-refractivity contribution in [3.05, 3.63) is 80.4 Å². The molecule has 0 spiro atoms. The average Bonchev–Trinajstić information content (AvgIpc) is 2.63. The quantitative estimate of drug-likeness (QED) is 0.500. The second-order valence-corrected chi connectivity index (χ2v) is 5.17. The summed E-state index contributed by atoms with van der Waals surface area (Å²) >= 11 is 0. The Labute approximate surface area is 141 Å². The minimum absolute atomic E-state index is 0.0524. The Hall–Kier alpha value is -3.92. The molecule has 25 heavy (non-hydrogen) atoms. The highest BCUT2D eigenvalue weighted by Crippen LogP contribution is 2.18. The summed E-state index contributed by atoms with van der Waals surface area (Å²) in [4.78, 5) is 36.2. The Morgan fingerprint density at radius 2 is 1.72 bits per heavy atom. The number of aromatic amines is 2. The van der Waals surface area contributed by atoms with E-state index in [1.807, 2.05) is 12.1 Å². The number of nitriles is 1. The molecule has 1 aromatic heterocycles. The van der Waals surface area contributed by atoms with Crippen molar-refractivity contribution in [2.24, 2.45) is 0 Å². The van der Waals surface area contributed by atoms with Crippen LogP contribution < -0.4 is 16.4 Å². The van der Waals surface area contributed by atoms with Crippen LogP contribution in [-0.4, -0.2) is 16.1 Å². The monoisotopic (exact) mass is 332 g/mol. The van der Waals surface area contributed by atoms with Crippen LogP contribution >= 0.6 is 0 Å². The maximum absolute atomic E-state index is 12.4. The second kappa shape index (κ2) is 6.68. The number of benzene rings is 2. The zero-order valence-electron chi connectivity index (χ0n) is 12.9. The SMILES string of the molecule is N#CC(=Cc1ccccc1)C(=O)Nc1cccc2c(=O)[nH][nH]c(=O)c12. The van der Waals surface area contributed by atoms with E-state index >= 15 is 0 Å². The molecular weight excluding hydrogens is 320 g/mol. The van der Waals surface area contributed by atoms with Crippen molar-refractivity contribution in [3.63, 3.8) is 0 Å². The van der Waals surface area contributed by atoms with Gasteiger partial charge in [0.15, 0.2) is 0 Å². The maximum Gasteiger partial charge on any atom is 0.272 e. The molecule has 7 heteroatoms. The topological polar surface area (TPSA) is 119 Å². The average molecular weight is 332 g/mol.